The SMILES string of the molecule is FC1(F)CNC2(CCNCC2)OC1. The maximum Gasteiger partial charge on any atom is 0.283 e. The standard InChI is InChI=1S/C8H14F2N2O/c9-7(10)5-12-8(13-6-7)1-3-11-4-2-8/h11-12H,1-6H2. The molecule has 2 N–H and O–H groups in total. The monoisotopic (exact) mass is 192 g/mol. The van der Waals surface area contributed by atoms with Gasteiger partial charge in [0.15, 0.2) is 0 Å². The largest absolute Gasteiger partial charge is 0.354 e. The van der Waals surface area contributed by atoms with Gasteiger partial charge in [-0.15, -0.1) is 0 Å². The highest BCUT2D eigenvalue weighted by molar-refractivity contribution is 4.90. The molecule has 0 atom stereocenters. The Labute approximate surface area is 75.8 Å². The fraction of sp³-hybridized carbons (Fsp3) is 1.00. The van der Waals surface area contributed by atoms with Gasteiger partial charge in [0.05, 0.1) is 6.54 Å². The van der Waals surface area contributed by atoms with Crippen LogP contribution in [0.25, 0.3) is 0 Å². The Bertz CT molecular complexity index is 181. The summed E-state index contributed by atoms with van der Waals surface area (Å²) in [4.78, 5) is 0. The molecule has 1 spiro atoms. The highest BCUT2D eigenvalue weighted by Gasteiger charge is 2.44. The van der Waals surface area contributed by atoms with Gasteiger partial charge in [0.25, 0.3) is 5.92 Å². The van der Waals surface area contributed by atoms with Crippen LogP contribution in [0.4, 0.5) is 8.78 Å². The third kappa shape index (κ3) is 1.98. The van der Waals surface area contributed by atoms with Crippen LogP contribution in [0.1, 0.15) is 12.8 Å². The van der Waals surface area contributed by atoms with Crippen LogP contribution in [0.5, 0.6) is 0 Å². The van der Waals surface area contributed by atoms with E-state index in [1.54, 1.807) is 0 Å². The van der Waals surface area contributed by atoms with Crippen molar-refractivity contribution in [1.29, 1.82) is 0 Å². The van der Waals surface area contributed by atoms with E-state index in [1.165, 1.54) is 0 Å². The molecule has 0 radical (unpaired) electrons. The maximum absolute atomic E-state index is 12.7. The summed E-state index contributed by atoms with van der Waals surface area (Å²) in [5.74, 6) is -2.70. The molecule has 0 amide bonds. The zero-order chi connectivity index (χ0) is 9.36. The molecule has 5 heteroatoms. The molecule has 0 aromatic heterocycles. The Morgan fingerprint density at radius 3 is 2.38 bits per heavy atom. The minimum atomic E-state index is -2.70. The lowest BCUT2D eigenvalue weighted by Gasteiger charge is -2.43. The molecule has 0 unspecified atom stereocenters. The van der Waals surface area contributed by atoms with Gasteiger partial charge in [-0.1, -0.05) is 0 Å². The Kier molecular flexibility index (Phi) is 2.25. The van der Waals surface area contributed by atoms with Crippen molar-refractivity contribution in [1.82, 2.24) is 10.6 Å². The summed E-state index contributed by atoms with van der Waals surface area (Å²) in [5.41, 5.74) is -0.479. The van der Waals surface area contributed by atoms with Gasteiger partial charge in [0.1, 0.15) is 12.3 Å². The van der Waals surface area contributed by atoms with Gasteiger partial charge >= 0.3 is 0 Å². The van der Waals surface area contributed by atoms with E-state index < -0.39 is 18.3 Å². The van der Waals surface area contributed by atoms with Crippen LogP contribution < -0.4 is 10.6 Å². The van der Waals surface area contributed by atoms with Crippen LogP contribution >= 0.6 is 0 Å². The lowest BCUT2D eigenvalue weighted by Crippen LogP contribution is -2.62. The van der Waals surface area contributed by atoms with E-state index in [-0.39, 0.29) is 6.54 Å². The van der Waals surface area contributed by atoms with Crippen LogP contribution in [0.15, 0.2) is 0 Å². The van der Waals surface area contributed by atoms with Gasteiger partial charge < -0.3 is 10.1 Å². The number of rotatable bonds is 0. The number of piperidine rings is 1. The molecular formula is C8H14F2N2O. The lowest BCUT2D eigenvalue weighted by atomic mass is 10.00. The fourth-order valence-electron chi connectivity index (χ4n) is 1.79. The van der Waals surface area contributed by atoms with Crippen molar-refractivity contribution in [3.05, 3.63) is 0 Å². The molecule has 3 nitrogen and oxygen atoms in total. The quantitative estimate of drug-likeness (QED) is 0.580. The Hall–Kier alpha value is -0.260. The topological polar surface area (TPSA) is 33.3 Å². The maximum atomic E-state index is 12.7. The predicted molar refractivity (Wildman–Crippen MR) is 43.7 cm³/mol. The van der Waals surface area contributed by atoms with Crippen LogP contribution in [-0.2, 0) is 4.74 Å². The number of hydrogen-bond acceptors (Lipinski definition) is 3. The van der Waals surface area contributed by atoms with Gasteiger partial charge in [-0.3, -0.25) is 5.32 Å². The van der Waals surface area contributed by atoms with Crippen molar-refractivity contribution in [2.75, 3.05) is 26.2 Å². The lowest BCUT2D eigenvalue weighted by molar-refractivity contribution is -0.201. The summed E-state index contributed by atoms with van der Waals surface area (Å²) in [6.07, 6.45) is 1.53. The summed E-state index contributed by atoms with van der Waals surface area (Å²) in [5, 5.41) is 5.98. The summed E-state index contributed by atoms with van der Waals surface area (Å²) in [7, 11) is 0. The number of halogens is 2. The van der Waals surface area contributed by atoms with Gasteiger partial charge in [-0.2, -0.15) is 0 Å². The Morgan fingerprint density at radius 1 is 1.15 bits per heavy atom. The summed E-state index contributed by atoms with van der Waals surface area (Å²) < 4.78 is 30.7. The molecule has 2 rings (SSSR count). The first kappa shape index (κ1) is 9.30. The molecule has 0 aromatic rings. The third-order valence-corrected chi connectivity index (χ3v) is 2.64. The Balaban J connectivity index is 1.95. The third-order valence-electron chi connectivity index (χ3n) is 2.64. The number of alkyl halides is 2. The molecule has 0 aliphatic carbocycles. The normalized spacial score (nSPS) is 31.8. The first-order chi connectivity index (χ1) is 6.12. The van der Waals surface area contributed by atoms with E-state index in [2.05, 4.69) is 10.6 Å². The molecular weight excluding hydrogens is 178 g/mol. The molecule has 2 aliphatic rings. The molecule has 2 heterocycles. The van der Waals surface area contributed by atoms with Crippen molar-refractivity contribution in [3.63, 3.8) is 0 Å². The van der Waals surface area contributed by atoms with Crippen molar-refractivity contribution < 1.29 is 13.5 Å². The summed E-state index contributed by atoms with van der Waals surface area (Å²) in [6, 6.07) is 0. The summed E-state index contributed by atoms with van der Waals surface area (Å²) >= 11 is 0. The van der Waals surface area contributed by atoms with E-state index in [0.29, 0.717) is 0 Å². The van der Waals surface area contributed by atoms with Crippen LogP contribution in [0.3, 0.4) is 0 Å². The van der Waals surface area contributed by atoms with Gasteiger partial charge in [-0.05, 0) is 13.1 Å². The second-order valence-electron chi connectivity index (χ2n) is 3.74. The predicted octanol–water partition coefficient (Wildman–Crippen LogP) is 0.321. The highest BCUT2D eigenvalue weighted by atomic mass is 19.3. The molecule has 76 valence electrons. The van der Waals surface area contributed by atoms with Crippen molar-refractivity contribution in [2.45, 2.75) is 24.5 Å². The minimum Gasteiger partial charge on any atom is -0.354 e. The molecule has 2 saturated heterocycles. The highest BCUT2D eigenvalue weighted by Crippen LogP contribution is 2.28. The fourth-order valence-corrected chi connectivity index (χ4v) is 1.79. The number of nitrogens with one attached hydrogen (secondary N) is 2. The van der Waals surface area contributed by atoms with Crippen molar-refractivity contribution >= 4 is 0 Å². The van der Waals surface area contributed by atoms with Gasteiger partial charge in [0, 0.05) is 12.8 Å². The van der Waals surface area contributed by atoms with Gasteiger partial charge in [0.2, 0.25) is 0 Å². The second kappa shape index (κ2) is 3.15. The molecule has 0 aromatic carbocycles. The smallest absolute Gasteiger partial charge is 0.283 e. The van der Waals surface area contributed by atoms with Crippen molar-refractivity contribution in [3.8, 4) is 0 Å². The Morgan fingerprint density at radius 2 is 1.85 bits per heavy atom. The van der Waals surface area contributed by atoms with E-state index in [9.17, 15) is 8.78 Å². The van der Waals surface area contributed by atoms with E-state index >= 15 is 0 Å². The molecule has 13 heavy (non-hydrogen) atoms. The number of hydrogen-bond donors (Lipinski definition) is 2. The van der Waals surface area contributed by atoms with Crippen molar-refractivity contribution in [2.24, 2.45) is 0 Å². The zero-order valence-corrected chi connectivity index (χ0v) is 7.41. The van der Waals surface area contributed by atoms with Crippen LogP contribution in [0.2, 0.25) is 0 Å². The summed E-state index contributed by atoms with van der Waals surface area (Å²) in [6.45, 7) is 0.962. The molecule has 0 bridgehead atoms. The van der Waals surface area contributed by atoms with Crippen LogP contribution in [0, 0.1) is 0 Å². The number of ether oxygens (including phenoxy) is 1. The van der Waals surface area contributed by atoms with E-state index in [4.69, 9.17) is 4.74 Å². The van der Waals surface area contributed by atoms with Crippen LogP contribution in [-0.4, -0.2) is 37.9 Å². The van der Waals surface area contributed by atoms with Gasteiger partial charge in [-0.25, -0.2) is 8.78 Å². The van der Waals surface area contributed by atoms with E-state index in [1.807, 2.05) is 0 Å². The molecule has 2 aliphatic heterocycles. The molecule has 0 saturated carbocycles. The first-order valence-electron chi connectivity index (χ1n) is 4.60. The average Bonchev–Trinajstić information content (AvgIpc) is 2.13. The second-order valence-corrected chi connectivity index (χ2v) is 3.74. The van der Waals surface area contributed by atoms with E-state index in [0.717, 1.165) is 25.9 Å². The minimum absolute atomic E-state index is 0.257. The average molecular weight is 192 g/mol. The zero-order valence-electron chi connectivity index (χ0n) is 7.41. The first-order valence-corrected chi connectivity index (χ1v) is 4.60. The molecule has 2 fully saturated rings.